The predicted molar refractivity (Wildman–Crippen MR) is 107 cm³/mol. The van der Waals surface area contributed by atoms with Gasteiger partial charge in [0.25, 0.3) is 11.5 Å². The number of nitrogens with zero attached hydrogens (tertiary/aromatic N) is 4. The number of nitrogens with one attached hydrogen (secondary N) is 1. The van der Waals surface area contributed by atoms with Crippen LogP contribution in [0.2, 0.25) is 0 Å². The maximum absolute atomic E-state index is 14.9. The van der Waals surface area contributed by atoms with Crippen LogP contribution in [0.1, 0.15) is 43.6 Å². The zero-order valence-corrected chi connectivity index (χ0v) is 17.4. The van der Waals surface area contributed by atoms with E-state index in [0.29, 0.717) is 6.92 Å². The molecule has 0 bridgehead atoms. The molecule has 2 N–H and O–H groups in total. The molecule has 1 unspecified atom stereocenters. The maximum Gasteiger partial charge on any atom is 0.270 e. The molecule has 0 spiro atoms. The van der Waals surface area contributed by atoms with Crippen molar-refractivity contribution in [1.29, 1.82) is 0 Å². The zero-order valence-electron chi connectivity index (χ0n) is 17.4. The molecule has 3 aromatic rings. The van der Waals surface area contributed by atoms with Crippen molar-refractivity contribution in [2.24, 2.45) is 5.92 Å². The molecule has 162 valence electrons. The average molecular weight is 423 g/mol. The van der Waals surface area contributed by atoms with Crippen LogP contribution in [0.25, 0.3) is 11.0 Å². The Hall–Kier alpha value is -2.88. The molecule has 2 heterocycles. The molecular weight excluding hydrogens is 399 g/mol. The minimum Gasteiger partial charge on any atom is -0.390 e. The van der Waals surface area contributed by atoms with E-state index in [1.807, 2.05) is 13.8 Å². The third-order valence-corrected chi connectivity index (χ3v) is 4.92. The molecular formula is C20H24F3N5O2. The smallest absolute Gasteiger partial charge is 0.270 e. The van der Waals surface area contributed by atoms with Gasteiger partial charge in [-0.15, -0.1) is 0 Å². The Morgan fingerprint density at radius 3 is 2.47 bits per heavy atom. The van der Waals surface area contributed by atoms with E-state index >= 15 is 0 Å². The normalized spacial score (nSPS) is 13.3. The lowest BCUT2D eigenvalue weighted by Crippen LogP contribution is -2.23. The number of alkyl halides is 2. The first-order chi connectivity index (χ1) is 14.0. The minimum atomic E-state index is -3.18. The number of benzene rings is 1. The van der Waals surface area contributed by atoms with Gasteiger partial charge in [0.1, 0.15) is 16.9 Å². The zero-order chi connectivity index (χ0) is 22.4. The fourth-order valence-electron chi connectivity index (χ4n) is 3.43. The fourth-order valence-corrected chi connectivity index (χ4v) is 3.43. The standard InChI is InChI=1S/C20H24F3N5O2/c1-10(2)16(12-7-6-11(8-13(12)21)20(3,22)23)28-17-15(14(9-29)26-28)18(30)25-19(24-17)27(4)5/h6-8,10,16,29H,9H2,1-5H3,(H,24,25,30). The number of hydrogen-bond donors (Lipinski definition) is 2. The van der Waals surface area contributed by atoms with Gasteiger partial charge in [-0.3, -0.25) is 9.78 Å². The molecule has 7 nitrogen and oxygen atoms in total. The van der Waals surface area contributed by atoms with Gasteiger partial charge in [0, 0.05) is 32.1 Å². The third-order valence-electron chi connectivity index (χ3n) is 4.92. The van der Waals surface area contributed by atoms with E-state index in [1.165, 1.54) is 16.8 Å². The van der Waals surface area contributed by atoms with Gasteiger partial charge < -0.3 is 10.0 Å². The molecule has 10 heteroatoms. The van der Waals surface area contributed by atoms with Crippen molar-refractivity contribution < 1.29 is 18.3 Å². The van der Waals surface area contributed by atoms with Crippen LogP contribution in [0.5, 0.6) is 0 Å². The molecule has 0 fully saturated rings. The summed E-state index contributed by atoms with van der Waals surface area (Å²) >= 11 is 0. The van der Waals surface area contributed by atoms with E-state index in [9.17, 15) is 23.1 Å². The lowest BCUT2D eigenvalue weighted by molar-refractivity contribution is 0.0171. The van der Waals surface area contributed by atoms with Gasteiger partial charge in [-0.2, -0.15) is 10.1 Å². The lowest BCUT2D eigenvalue weighted by Gasteiger charge is -2.24. The lowest BCUT2D eigenvalue weighted by atomic mass is 9.94. The van der Waals surface area contributed by atoms with Crippen molar-refractivity contribution in [3.63, 3.8) is 0 Å². The van der Waals surface area contributed by atoms with E-state index in [-0.39, 0.29) is 34.2 Å². The summed E-state index contributed by atoms with van der Waals surface area (Å²) in [4.78, 5) is 21.3. The first-order valence-electron chi connectivity index (χ1n) is 9.43. The highest BCUT2D eigenvalue weighted by Gasteiger charge is 2.30. The minimum absolute atomic E-state index is 0.103. The Morgan fingerprint density at radius 2 is 1.97 bits per heavy atom. The molecule has 0 saturated carbocycles. The largest absolute Gasteiger partial charge is 0.390 e. The van der Waals surface area contributed by atoms with Crippen LogP contribution >= 0.6 is 0 Å². The van der Waals surface area contributed by atoms with Gasteiger partial charge >= 0.3 is 0 Å². The third kappa shape index (κ3) is 3.79. The average Bonchev–Trinajstić information content (AvgIpc) is 3.01. The number of H-pyrrole nitrogens is 1. The number of rotatable bonds is 6. The Labute approximate surface area is 171 Å². The second kappa shape index (κ2) is 7.75. The molecule has 0 radical (unpaired) electrons. The van der Waals surface area contributed by atoms with Gasteiger partial charge in [0.2, 0.25) is 5.95 Å². The summed E-state index contributed by atoms with van der Waals surface area (Å²) < 4.78 is 43.5. The Bertz CT molecular complexity index is 1130. The second-order valence-corrected chi connectivity index (χ2v) is 7.85. The van der Waals surface area contributed by atoms with E-state index in [1.54, 1.807) is 19.0 Å². The topological polar surface area (TPSA) is 87.0 Å². The van der Waals surface area contributed by atoms with E-state index in [0.717, 1.165) is 6.07 Å². The summed E-state index contributed by atoms with van der Waals surface area (Å²) in [6.45, 7) is 3.83. The molecule has 1 atom stereocenters. The van der Waals surface area contributed by atoms with Gasteiger partial charge in [0.05, 0.1) is 12.6 Å². The summed E-state index contributed by atoms with van der Waals surface area (Å²) in [7, 11) is 3.39. The summed E-state index contributed by atoms with van der Waals surface area (Å²) in [6.07, 6.45) is 0. The fraction of sp³-hybridized carbons (Fsp3) is 0.450. The van der Waals surface area contributed by atoms with Crippen molar-refractivity contribution in [2.75, 3.05) is 19.0 Å². The summed E-state index contributed by atoms with van der Waals surface area (Å²) in [5.41, 5.74) is -0.498. The van der Waals surface area contributed by atoms with Gasteiger partial charge in [-0.1, -0.05) is 26.0 Å². The van der Waals surface area contributed by atoms with Crippen LogP contribution in [0.4, 0.5) is 19.1 Å². The first-order valence-corrected chi connectivity index (χ1v) is 9.43. The maximum atomic E-state index is 14.9. The highest BCUT2D eigenvalue weighted by molar-refractivity contribution is 5.78. The van der Waals surface area contributed by atoms with Crippen LogP contribution in [-0.4, -0.2) is 39.0 Å². The van der Waals surface area contributed by atoms with Crippen molar-refractivity contribution >= 4 is 17.0 Å². The highest BCUT2D eigenvalue weighted by atomic mass is 19.3. The molecule has 30 heavy (non-hydrogen) atoms. The highest BCUT2D eigenvalue weighted by Crippen LogP contribution is 2.34. The Morgan fingerprint density at radius 1 is 1.30 bits per heavy atom. The first kappa shape index (κ1) is 21.8. The number of aromatic nitrogens is 4. The molecule has 0 saturated heterocycles. The number of aliphatic hydroxyl groups is 1. The number of aromatic amines is 1. The van der Waals surface area contributed by atoms with Crippen molar-refractivity contribution in [2.45, 2.75) is 39.3 Å². The van der Waals surface area contributed by atoms with E-state index < -0.39 is 35.5 Å². The van der Waals surface area contributed by atoms with Crippen molar-refractivity contribution in [3.8, 4) is 0 Å². The second-order valence-electron chi connectivity index (χ2n) is 7.85. The summed E-state index contributed by atoms with van der Waals surface area (Å²) in [5.74, 6) is -3.95. The number of anilines is 1. The molecule has 1 aromatic carbocycles. The van der Waals surface area contributed by atoms with Crippen LogP contribution in [0.15, 0.2) is 23.0 Å². The van der Waals surface area contributed by atoms with Crippen LogP contribution < -0.4 is 10.5 Å². The van der Waals surface area contributed by atoms with Crippen LogP contribution in [0, 0.1) is 11.7 Å². The quantitative estimate of drug-likeness (QED) is 0.636. The van der Waals surface area contributed by atoms with Gasteiger partial charge in [0.15, 0.2) is 5.65 Å². The molecule has 3 rings (SSSR count). The van der Waals surface area contributed by atoms with Crippen LogP contribution in [0.3, 0.4) is 0 Å². The van der Waals surface area contributed by atoms with Crippen molar-refractivity contribution in [3.05, 3.63) is 51.2 Å². The number of fused-ring (bicyclic) bond motifs is 1. The SMILES string of the molecule is CC(C)C(c1ccc(C(C)(F)F)cc1F)n1nc(CO)c2c(=O)[nH]c(N(C)C)nc21. The monoisotopic (exact) mass is 423 g/mol. The molecule has 2 aromatic heterocycles. The Kier molecular flexibility index (Phi) is 5.64. The summed E-state index contributed by atoms with van der Waals surface area (Å²) in [5, 5.41) is 14.1. The number of aliphatic hydroxyl groups excluding tert-OH is 1. The number of halogens is 3. The van der Waals surface area contributed by atoms with E-state index in [2.05, 4.69) is 15.1 Å². The molecule has 0 aliphatic heterocycles. The molecule has 0 aliphatic carbocycles. The predicted octanol–water partition coefficient (Wildman–Crippen LogP) is 3.17. The summed E-state index contributed by atoms with van der Waals surface area (Å²) in [6, 6.07) is 2.56. The molecule has 0 aliphatic rings. The van der Waals surface area contributed by atoms with Crippen molar-refractivity contribution in [1.82, 2.24) is 19.7 Å². The Balaban J connectivity index is 2.29. The van der Waals surface area contributed by atoms with E-state index in [4.69, 9.17) is 0 Å². The van der Waals surface area contributed by atoms with Gasteiger partial charge in [-0.25, -0.2) is 17.9 Å². The number of hydrogen-bond acceptors (Lipinski definition) is 5. The van der Waals surface area contributed by atoms with Gasteiger partial charge in [-0.05, 0) is 12.0 Å². The van der Waals surface area contributed by atoms with Crippen LogP contribution in [-0.2, 0) is 12.5 Å². The molecule has 0 amide bonds.